The van der Waals surface area contributed by atoms with Gasteiger partial charge in [-0.25, -0.2) is 8.42 Å². The van der Waals surface area contributed by atoms with Crippen LogP contribution in [0.25, 0.3) is 0 Å². The van der Waals surface area contributed by atoms with Gasteiger partial charge < -0.3 is 5.32 Å². The molecule has 0 aromatic heterocycles. The summed E-state index contributed by atoms with van der Waals surface area (Å²) in [5.74, 6) is -0.887. The van der Waals surface area contributed by atoms with E-state index in [1.807, 2.05) is 0 Å². The second-order valence-electron chi connectivity index (χ2n) is 6.75. The van der Waals surface area contributed by atoms with Crippen LogP contribution in [0.5, 0.6) is 0 Å². The van der Waals surface area contributed by atoms with E-state index in [0.29, 0.717) is 30.6 Å². The standard InChI is InChI=1S/C20H21BrN2O4S/c1-14(24)18-6-2-3-7-19(18)22-20(25)15-5-4-12-23(13-15)28(26,27)17-10-8-16(21)9-11-17/h2-3,6-11,15H,4-5,12-13H2,1H3,(H,22,25). The molecule has 1 aliphatic rings. The summed E-state index contributed by atoms with van der Waals surface area (Å²) < 4.78 is 28.0. The molecule has 28 heavy (non-hydrogen) atoms. The second kappa shape index (κ2) is 8.55. The lowest BCUT2D eigenvalue weighted by Gasteiger charge is -2.31. The SMILES string of the molecule is CC(=O)c1ccccc1NC(=O)C1CCCN(S(=O)(=O)c2ccc(Br)cc2)C1. The Labute approximate surface area is 173 Å². The van der Waals surface area contributed by atoms with Gasteiger partial charge in [0.05, 0.1) is 16.5 Å². The summed E-state index contributed by atoms with van der Waals surface area (Å²) in [5, 5.41) is 2.79. The third kappa shape index (κ3) is 4.51. The molecule has 3 rings (SSSR count). The van der Waals surface area contributed by atoms with Gasteiger partial charge in [0, 0.05) is 23.1 Å². The molecule has 1 heterocycles. The zero-order chi connectivity index (χ0) is 20.3. The molecule has 0 aliphatic carbocycles. The zero-order valence-corrected chi connectivity index (χ0v) is 17.8. The van der Waals surface area contributed by atoms with Crippen molar-refractivity contribution in [1.82, 2.24) is 4.31 Å². The van der Waals surface area contributed by atoms with Crippen LogP contribution in [0.2, 0.25) is 0 Å². The Morgan fingerprint density at radius 1 is 1.11 bits per heavy atom. The van der Waals surface area contributed by atoms with Crippen LogP contribution >= 0.6 is 15.9 Å². The monoisotopic (exact) mass is 464 g/mol. The van der Waals surface area contributed by atoms with Gasteiger partial charge in [-0.3, -0.25) is 9.59 Å². The molecule has 2 aromatic carbocycles. The fourth-order valence-corrected chi connectivity index (χ4v) is 5.05. The number of hydrogen-bond donors (Lipinski definition) is 1. The van der Waals surface area contributed by atoms with Crippen molar-refractivity contribution >= 4 is 43.3 Å². The lowest BCUT2D eigenvalue weighted by Crippen LogP contribution is -2.43. The maximum absolute atomic E-state index is 12.9. The minimum atomic E-state index is -3.66. The minimum absolute atomic E-state index is 0.118. The molecule has 1 atom stereocenters. The number of rotatable bonds is 5. The Bertz CT molecular complexity index is 990. The first kappa shape index (κ1) is 20.7. The first-order valence-electron chi connectivity index (χ1n) is 8.95. The molecule has 1 N–H and O–H groups in total. The number of amides is 1. The number of anilines is 1. The largest absolute Gasteiger partial charge is 0.325 e. The summed E-state index contributed by atoms with van der Waals surface area (Å²) in [6, 6.07) is 13.3. The van der Waals surface area contributed by atoms with Gasteiger partial charge in [0.15, 0.2) is 5.78 Å². The van der Waals surface area contributed by atoms with Crippen molar-refractivity contribution < 1.29 is 18.0 Å². The Morgan fingerprint density at radius 2 is 1.79 bits per heavy atom. The van der Waals surface area contributed by atoms with E-state index in [-0.39, 0.29) is 23.1 Å². The summed E-state index contributed by atoms with van der Waals surface area (Å²) in [6.07, 6.45) is 1.20. The normalized spacial score (nSPS) is 17.9. The number of carbonyl (C=O) groups excluding carboxylic acids is 2. The first-order valence-corrected chi connectivity index (χ1v) is 11.2. The number of para-hydroxylation sites is 1. The van der Waals surface area contributed by atoms with Gasteiger partial charge in [-0.2, -0.15) is 4.31 Å². The molecule has 2 aromatic rings. The number of Topliss-reactive ketones (excluding diaryl/α,β-unsaturated/α-hetero) is 1. The maximum Gasteiger partial charge on any atom is 0.243 e. The molecule has 1 amide bonds. The Kier molecular flexibility index (Phi) is 6.32. The number of hydrogen-bond acceptors (Lipinski definition) is 4. The highest BCUT2D eigenvalue weighted by atomic mass is 79.9. The summed E-state index contributed by atoms with van der Waals surface area (Å²) in [7, 11) is -3.66. The van der Waals surface area contributed by atoms with Crippen molar-refractivity contribution in [3.8, 4) is 0 Å². The van der Waals surface area contributed by atoms with E-state index < -0.39 is 15.9 Å². The Balaban J connectivity index is 1.75. The molecule has 8 heteroatoms. The summed E-state index contributed by atoms with van der Waals surface area (Å²) in [4.78, 5) is 24.7. The first-order chi connectivity index (χ1) is 13.3. The van der Waals surface area contributed by atoms with Gasteiger partial charge in [-0.05, 0) is 56.2 Å². The van der Waals surface area contributed by atoms with Gasteiger partial charge in [0.2, 0.25) is 15.9 Å². The van der Waals surface area contributed by atoms with Crippen molar-refractivity contribution in [1.29, 1.82) is 0 Å². The minimum Gasteiger partial charge on any atom is -0.325 e. The van der Waals surface area contributed by atoms with Crippen LogP contribution in [0.4, 0.5) is 5.69 Å². The molecule has 0 saturated carbocycles. The molecular formula is C20H21BrN2O4S. The van der Waals surface area contributed by atoms with E-state index in [9.17, 15) is 18.0 Å². The lowest BCUT2D eigenvalue weighted by molar-refractivity contribution is -0.120. The van der Waals surface area contributed by atoms with Crippen LogP contribution in [0.3, 0.4) is 0 Å². The Hall–Kier alpha value is -2.03. The van der Waals surface area contributed by atoms with E-state index in [2.05, 4.69) is 21.2 Å². The number of ketones is 1. The highest BCUT2D eigenvalue weighted by molar-refractivity contribution is 9.10. The van der Waals surface area contributed by atoms with Crippen LogP contribution < -0.4 is 5.32 Å². The van der Waals surface area contributed by atoms with Gasteiger partial charge >= 0.3 is 0 Å². The number of nitrogens with one attached hydrogen (secondary N) is 1. The van der Waals surface area contributed by atoms with Crippen molar-refractivity contribution in [2.24, 2.45) is 5.92 Å². The van der Waals surface area contributed by atoms with Gasteiger partial charge in [0.25, 0.3) is 0 Å². The average molecular weight is 465 g/mol. The second-order valence-corrected chi connectivity index (χ2v) is 9.60. The topological polar surface area (TPSA) is 83.6 Å². The van der Waals surface area contributed by atoms with Gasteiger partial charge in [0.1, 0.15) is 0 Å². The number of halogens is 1. The van der Waals surface area contributed by atoms with Crippen LogP contribution in [-0.2, 0) is 14.8 Å². The maximum atomic E-state index is 12.9. The third-order valence-electron chi connectivity index (χ3n) is 4.77. The zero-order valence-electron chi connectivity index (χ0n) is 15.4. The number of nitrogens with zero attached hydrogens (tertiary/aromatic N) is 1. The summed E-state index contributed by atoms with van der Waals surface area (Å²) in [6.45, 7) is 1.94. The fraction of sp³-hybridized carbons (Fsp3) is 0.300. The smallest absolute Gasteiger partial charge is 0.243 e. The molecule has 1 unspecified atom stereocenters. The molecule has 1 saturated heterocycles. The van der Waals surface area contributed by atoms with E-state index in [4.69, 9.17) is 0 Å². The van der Waals surface area contributed by atoms with Crippen LogP contribution in [-0.4, -0.2) is 37.5 Å². The molecule has 148 valence electrons. The lowest BCUT2D eigenvalue weighted by atomic mass is 9.98. The highest BCUT2D eigenvalue weighted by Gasteiger charge is 2.33. The number of carbonyl (C=O) groups is 2. The van der Waals surface area contributed by atoms with Crippen LogP contribution in [0, 0.1) is 5.92 Å². The summed E-state index contributed by atoms with van der Waals surface area (Å²) >= 11 is 3.30. The van der Waals surface area contributed by atoms with Crippen molar-refractivity contribution in [2.45, 2.75) is 24.7 Å². The van der Waals surface area contributed by atoms with Crippen LogP contribution in [0.1, 0.15) is 30.1 Å². The molecule has 1 aliphatic heterocycles. The molecular weight excluding hydrogens is 444 g/mol. The highest BCUT2D eigenvalue weighted by Crippen LogP contribution is 2.26. The number of piperidine rings is 1. The third-order valence-corrected chi connectivity index (χ3v) is 7.18. The fourth-order valence-electron chi connectivity index (χ4n) is 3.26. The van der Waals surface area contributed by atoms with Crippen LogP contribution in [0.15, 0.2) is 57.9 Å². The number of benzene rings is 2. The van der Waals surface area contributed by atoms with E-state index in [0.717, 1.165) is 4.47 Å². The van der Waals surface area contributed by atoms with Crippen molar-refractivity contribution in [2.75, 3.05) is 18.4 Å². The average Bonchev–Trinajstić information content (AvgIpc) is 2.68. The quantitative estimate of drug-likeness (QED) is 0.683. The summed E-state index contributed by atoms with van der Waals surface area (Å²) in [5.41, 5.74) is 0.888. The number of sulfonamides is 1. The molecule has 1 fully saturated rings. The Morgan fingerprint density at radius 3 is 2.46 bits per heavy atom. The van der Waals surface area contributed by atoms with Crippen molar-refractivity contribution in [3.63, 3.8) is 0 Å². The molecule has 0 spiro atoms. The van der Waals surface area contributed by atoms with E-state index in [1.165, 1.54) is 11.2 Å². The van der Waals surface area contributed by atoms with E-state index in [1.54, 1.807) is 48.5 Å². The van der Waals surface area contributed by atoms with Crippen molar-refractivity contribution in [3.05, 3.63) is 58.6 Å². The molecule has 6 nitrogen and oxygen atoms in total. The predicted molar refractivity (Wildman–Crippen MR) is 111 cm³/mol. The van der Waals surface area contributed by atoms with Gasteiger partial charge in [-0.15, -0.1) is 0 Å². The molecule has 0 bridgehead atoms. The predicted octanol–water partition coefficient (Wildman–Crippen LogP) is 3.69. The molecule has 0 radical (unpaired) electrons. The van der Waals surface area contributed by atoms with E-state index >= 15 is 0 Å². The van der Waals surface area contributed by atoms with Gasteiger partial charge in [-0.1, -0.05) is 28.1 Å².